The highest BCUT2D eigenvalue weighted by Crippen LogP contribution is 2.30. The minimum atomic E-state index is -0.200. The third-order valence-corrected chi connectivity index (χ3v) is 5.01. The number of amides is 1. The molecule has 1 amide bonds. The van der Waals surface area contributed by atoms with E-state index in [4.69, 9.17) is 5.73 Å². The van der Waals surface area contributed by atoms with Crippen molar-refractivity contribution >= 4 is 22.6 Å². The molecule has 1 aliphatic rings. The van der Waals surface area contributed by atoms with Crippen LogP contribution in [-0.2, 0) is 4.79 Å². The molecule has 25 heavy (non-hydrogen) atoms. The quantitative estimate of drug-likeness (QED) is 0.801. The molecule has 0 spiro atoms. The van der Waals surface area contributed by atoms with E-state index in [-0.39, 0.29) is 11.8 Å². The van der Waals surface area contributed by atoms with Gasteiger partial charge in [0.05, 0.1) is 19.0 Å². The van der Waals surface area contributed by atoms with Crippen LogP contribution in [0.15, 0.2) is 60.7 Å². The first kappa shape index (κ1) is 15.6. The number of pyridine rings is 1. The Morgan fingerprint density at radius 3 is 2.64 bits per heavy atom. The number of rotatable bonds is 3. The fourth-order valence-electron chi connectivity index (χ4n) is 3.67. The lowest BCUT2D eigenvalue weighted by atomic mass is 9.96. The molecule has 0 radical (unpaired) electrons. The smallest absolute Gasteiger partial charge is 0.275 e. The molecule has 4 heteroatoms. The first-order valence-electron chi connectivity index (χ1n) is 8.77. The fraction of sp³-hybridized carbons (Fsp3) is 0.238. The van der Waals surface area contributed by atoms with Crippen LogP contribution >= 0.6 is 0 Å². The maximum absolute atomic E-state index is 11.6. The summed E-state index contributed by atoms with van der Waals surface area (Å²) < 4.78 is 0. The minimum Gasteiger partial charge on any atom is -0.369 e. The summed E-state index contributed by atoms with van der Waals surface area (Å²) in [6.07, 6.45) is 1.86. The molecule has 1 aromatic heterocycles. The van der Waals surface area contributed by atoms with Crippen molar-refractivity contribution in [2.24, 2.45) is 11.7 Å². The maximum Gasteiger partial charge on any atom is 0.275 e. The molecule has 2 heterocycles. The Bertz CT molecular complexity index is 907. The number of aromatic nitrogens is 1. The second-order valence-corrected chi connectivity index (χ2v) is 6.67. The van der Waals surface area contributed by atoms with E-state index in [2.05, 4.69) is 58.4 Å². The Balaban J connectivity index is 1.81. The number of nitrogens with one attached hydrogen (secondary N) is 1. The number of nitrogens with two attached hydrogens (primary N) is 1. The van der Waals surface area contributed by atoms with Crippen molar-refractivity contribution in [3.05, 3.63) is 60.7 Å². The lowest BCUT2D eigenvalue weighted by molar-refractivity contribution is -0.330. The van der Waals surface area contributed by atoms with Crippen LogP contribution in [0.1, 0.15) is 12.8 Å². The number of nitrogens with zero attached hydrogens (tertiary/aromatic N) is 1. The van der Waals surface area contributed by atoms with Gasteiger partial charge in [-0.1, -0.05) is 48.5 Å². The number of fused-ring (bicyclic) bond motifs is 1. The zero-order valence-electron chi connectivity index (χ0n) is 14.1. The summed E-state index contributed by atoms with van der Waals surface area (Å²) in [5.74, 6) is 0.770. The van der Waals surface area contributed by atoms with Crippen molar-refractivity contribution in [3.8, 4) is 11.1 Å². The number of aromatic amines is 1. The maximum atomic E-state index is 11.6. The lowest BCUT2D eigenvalue weighted by Crippen LogP contribution is -2.43. The summed E-state index contributed by atoms with van der Waals surface area (Å²) in [4.78, 5) is 17.4. The van der Waals surface area contributed by atoms with E-state index in [1.54, 1.807) is 0 Å². The zero-order chi connectivity index (χ0) is 17.2. The molecule has 0 unspecified atom stereocenters. The number of carbonyl (C=O) groups excluding carboxylic acids is 1. The molecule has 1 fully saturated rings. The van der Waals surface area contributed by atoms with Gasteiger partial charge in [-0.15, -0.1) is 0 Å². The van der Waals surface area contributed by atoms with E-state index < -0.39 is 0 Å². The fourth-order valence-corrected chi connectivity index (χ4v) is 3.67. The number of primary amides is 1. The van der Waals surface area contributed by atoms with Crippen molar-refractivity contribution < 1.29 is 9.78 Å². The highest BCUT2D eigenvalue weighted by atomic mass is 16.1. The van der Waals surface area contributed by atoms with Gasteiger partial charge >= 0.3 is 0 Å². The molecular weight excluding hydrogens is 310 g/mol. The molecule has 0 saturated carbocycles. The predicted octanol–water partition coefficient (Wildman–Crippen LogP) is 3.02. The molecule has 0 bridgehead atoms. The molecule has 1 atom stereocenters. The Morgan fingerprint density at radius 2 is 1.84 bits per heavy atom. The Kier molecular flexibility index (Phi) is 4.10. The second kappa shape index (κ2) is 6.55. The number of H-pyrrole nitrogens is 1. The summed E-state index contributed by atoms with van der Waals surface area (Å²) in [6.45, 7) is 1.62. The monoisotopic (exact) mass is 332 g/mol. The molecule has 3 N–H and O–H groups in total. The second-order valence-electron chi connectivity index (χ2n) is 6.67. The van der Waals surface area contributed by atoms with Crippen LogP contribution in [0.4, 0.5) is 5.82 Å². The molecular formula is C21H22N3O+. The van der Waals surface area contributed by atoms with Crippen LogP contribution in [0.3, 0.4) is 0 Å². The van der Waals surface area contributed by atoms with Gasteiger partial charge in [0, 0.05) is 17.0 Å². The van der Waals surface area contributed by atoms with Gasteiger partial charge in [0.1, 0.15) is 5.52 Å². The topological polar surface area (TPSA) is 60.5 Å². The lowest BCUT2D eigenvalue weighted by Gasteiger charge is -2.26. The molecule has 126 valence electrons. The Morgan fingerprint density at radius 1 is 1.08 bits per heavy atom. The molecule has 2 aromatic carbocycles. The standard InChI is InChI=1S/C21H21N3O/c22-21(25)16-9-6-12-24(14-16)20-13-18(15-7-2-1-3-8-15)17-10-4-5-11-19(17)23-20/h1-5,7-8,10-11,13,16H,6,9,12,14H2,(H2,22,25)/p+1/t16-/m1/s1. The van der Waals surface area contributed by atoms with E-state index >= 15 is 0 Å². The van der Waals surface area contributed by atoms with E-state index in [9.17, 15) is 4.79 Å². The predicted molar refractivity (Wildman–Crippen MR) is 100 cm³/mol. The van der Waals surface area contributed by atoms with E-state index in [0.29, 0.717) is 6.54 Å². The summed E-state index contributed by atoms with van der Waals surface area (Å²) in [5, 5.41) is 1.20. The molecule has 3 aromatic rings. The largest absolute Gasteiger partial charge is 0.369 e. The van der Waals surface area contributed by atoms with E-state index in [0.717, 1.165) is 30.7 Å². The normalized spacial score (nSPS) is 17.6. The Labute approximate surface area is 147 Å². The van der Waals surface area contributed by atoms with Crippen molar-refractivity contribution in [2.75, 3.05) is 18.0 Å². The molecule has 0 aliphatic carbocycles. The molecule has 4 nitrogen and oxygen atoms in total. The van der Waals surface area contributed by atoms with Crippen molar-refractivity contribution in [1.29, 1.82) is 0 Å². The van der Waals surface area contributed by atoms with Gasteiger partial charge in [-0.25, -0.2) is 4.98 Å². The number of hydrogen-bond acceptors (Lipinski definition) is 2. The van der Waals surface area contributed by atoms with Gasteiger partial charge in [0.25, 0.3) is 5.82 Å². The average molecular weight is 332 g/mol. The van der Waals surface area contributed by atoms with Gasteiger partial charge in [0.2, 0.25) is 5.91 Å². The third kappa shape index (κ3) is 3.07. The van der Waals surface area contributed by atoms with E-state index in [1.165, 1.54) is 16.5 Å². The van der Waals surface area contributed by atoms with Crippen LogP contribution in [0.25, 0.3) is 22.0 Å². The van der Waals surface area contributed by atoms with Gasteiger partial charge in [0.15, 0.2) is 0 Å². The van der Waals surface area contributed by atoms with Crippen LogP contribution in [0, 0.1) is 5.92 Å². The SMILES string of the molecule is NC(=O)[C@@H]1CCCN(c2cc(-c3ccccc3)c3ccccc3[nH+]2)C1. The number of para-hydroxylation sites is 1. The zero-order valence-corrected chi connectivity index (χ0v) is 14.1. The molecule has 4 rings (SSSR count). The number of anilines is 1. The molecule has 1 saturated heterocycles. The van der Waals surface area contributed by atoms with E-state index in [1.807, 2.05) is 12.1 Å². The summed E-state index contributed by atoms with van der Waals surface area (Å²) in [7, 11) is 0. The van der Waals surface area contributed by atoms with Crippen LogP contribution in [0.2, 0.25) is 0 Å². The Hall–Kier alpha value is -2.88. The number of carbonyl (C=O) groups is 1. The molecule has 1 aliphatic heterocycles. The number of hydrogen-bond donors (Lipinski definition) is 1. The van der Waals surface area contributed by atoms with Crippen LogP contribution < -0.4 is 15.6 Å². The van der Waals surface area contributed by atoms with Crippen LogP contribution in [-0.4, -0.2) is 19.0 Å². The first-order valence-corrected chi connectivity index (χ1v) is 8.77. The summed E-state index contributed by atoms with van der Waals surface area (Å²) in [6, 6.07) is 21.0. The third-order valence-electron chi connectivity index (χ3n) is 5.01. The number of benzene rings is 2. The first-order chi connectivity index (χ1) is 12.2. The van der Waals surface area contributed by atoms with Crippen LogP contribution in [0.5, 0.6) is 0 Å². The van der Waals surface area contributed by atoms with Gasteiger partial charge in [-0.2, -0.15) is 0 Å². The van der Waals surface area contributed by atoms with Crippen molar-refractivity contribution in [2.45, 2.75) is 12.8 Å². The van der Waals surface area contributed by atoms with Crippen molar-refractivity contribution in [1.82, 2.24) is 0 Å². The van der Waals surface area contributed by atoms with Gasteiger partial charge in [-0.3, -0.25) is 9.69 Å². The summed E-state index contributed by atoms with van der Waals surface area (Å²) in [5.41, 5.74) is 9.03. The highest BCUT2D eigenvalue weighted by molar-refractivity contribution is 5.93. The number of piperidine rings is 1. The van der Waals surface area contributed by atoms with Gasteiger partial charge < -0.3 is 5.73 Å². The average Bonchev–Trinajstić information content (AvgIpc) is 2.68. The summed E-state index contributed by atoms with van der Waals surface area (Å²) >= 11 is 0. The van der Waals surface area contributed by atoms with Crippen molar-refractivity contribution in [3.63, 3.8) is 0 Å². The minimum absolute atomic E-state index is 0.0752. The van der Waals surface area contributed by atoms with Gasteiger partial charge in [-0.05, 0) is 24.5 Å². The highest BCUT2D eigenvalue weighted by Gasteiger charge is 2.30.